The number of hydrogen-bond donors (Lipinski definition) is 1. The van der Waals surface area contributed by atoms with Gasteiger partial charge in [-0.05, 0) is 29.5 Å². The van der Waals surface area contributed by atoms with Gasteiger partial charge in [-0.25, -0.2) is 0 Å². The molecule has 0 aliphatic rings. The van der Waals surface area contributed by atoms with E-state index in [1.54, 1.807) is 7.11 Å². The van der Waals surface area contributed by atoms with Gasteiger partial charge in [0.05, 0.1) is 6.10 Å². The van der Waals surface area contributed by atoms with Gasteiger partial charge in [-0.15, -0.1) is 0 Å². The van der Waals surface area contributed by atoms with E-state index in [1.165, 1.54) is 0 Å². The summed E-state index contributed by atoms with van der Waals surface area (Å²) in [6.07, 6.45) is 0.708. The third-order valence-corrected chi connectivity index (χ3v) is 3.81. The highest BCUT2D eigenvalue weighted by atomic mass is 79.9. The van der Waals surface area contributed by atoms with Crippen LogP contribution in [0.2, 0.25) is 5.02 Å². The summed E-state index contributed by atoms with van der Waals surface area (Å²) in [7, 11) is 1.71. The Morgan fingerprint density at radius 2 is 2.00 bits per heavy atom. The van der Waals surface area contributed by atoms with E-state index in [0.29, 0.717) is 6.42 Å². The number of hydrogen-bond acceptors (Lipinski definition) is 2. The summed E-state index contributed by atoms with van der Waals surface area (Å²) < 4.78 is 6.51. The van der Waals surface area contributed by atoms with Crippen molar-refractivity contribution in [2.75, 3.05) is 7.11 Å². The van der Waals surface area contributed by atoms with E-state index in [4.69, 9.17) is 22.1 Å². The third kappa shape index (κ3) is 4.23. The Kier molecular flexibility index (Phi) is 5.66. The van der Waals surface area contributed by atoms with Gasteiger partial charge in [0, 0.05) is 22.6 Å². The van der Waals surface area contributed by atoms with Gasteiger partial charge in [-0.3, -0.25) is 0 Å². The summed E-state index contributed by atoms with van der Waals surface area (Å²) >= 11 is 9.61. The molecule has 0 saturated heterocycles. The van der Waals surface area contributed by atoms with Crippen molar-refractivity contribution in [3.63, 3.8) is 0 Å². The molecule has 102 valence electrons. The Bertz CT molecular complexity index is 403. The van der Waals surface area contributed by atoms with Crippen LogP contribution in [-0.2, 0) is 11.2 Å². The predicted octanol–water partition coefficient (Wildman–Crippen LogP) is 4.03. The number of nitrogens with two attached hydrogens (primary N) is 1. The van der Waals surface area contributed by atoms with Gasteiger partial charge in [0.2, 0.25) is 0 Å². The number of rotatable bonds is 4. The van der Waals surface area contributed by atoms with Gasteiger partial charge in [0.25, 0.3) is 0 Å². The van der Waals surface area contributed by atoms with Crippen LogP contribution in [0.3, 0.4) is 0 Å². The zero-order valence-electron chi connectivity index (χ0n) is 11.3. The molecule has 0 bridgehead atoms. The predicted molar refractivity (Wildman–Crippen MR) is 81.1 cm³/mol. The lowest BCUT2D eigenvalue weighted by molar-refractivity contribution is -0.00165. The lowest BCUT2D eigenvalue weighted by Gasteiger charge is -2.34. The van der Waals surface area contributed by atoms with E-state index in [0.717, 1.165) is 15.1 Å². The highest BCUT2D eigenvalue weighted by Crippen LogP contribution is 2.27. The van der Waals surface area contributed by atoms with E-state index in [2.05, 4.69) is 36.7 Å². The molecule has 0 aliphatic heterocycles. The molecule has 0 aromatic heterocycles. The maximum Gasteiger partial charge on any atom is 0.0773 e. The van der Waals surface area contributed by atoms with E-state index in [9.17, 15) is 0 Å². The first kappa shape index (κ1) is 16.0. The number of ether oxygens (including phenoxy) is 1. The van der Waals surface area contributed by atoms with E-state index >= 15 is 0 Å². The van der Waals surface area contributed by atoms with Gasteiger partial charge < -0.3 is 10.5 Å². The Balaban J connectivity index is 2.83. The fraction of sp³-hybridized carbons (Fsp3) is 0.571. The van der Waals surface area contributed by atoms with E-state index in [-0.39, 0.29) is 17.6 Å². The van der Waals surface area contributed by atoms with Gasteiger partial charge in [-0.1, -0.05) is 54.4 Å². The molecule has 2 nitrogen and oxygen atoms in total. The maximum atomic E-state index is 6.26. The molecular formula is C14H21BrClNO. The lowest BCUT2D eigenvalue weighted by Crippen LogP contribution is -2.46. The smallest absolute Gasteiger partial charge is 0.0773 e. The summed E-state index contributed by atoms with van der Waals surface area (Å²) in [6, 6.07) is 5.80. The van der Waals surface area contributed by atoms with Crippen LogP contribution in [0.1, 0.15) is 26.3 Å². The second-order valence-electron chi connectivity index (χ2n) is 5.63. The molecule has 0 radical (unpaired) electrons. The van der Waals surface area contributed by atoms with Crippen LogP contribution >= 0.6 is 27.5 Å². The van der Waals surface area contributed by atoms with Gasteiger partial charge in [-0.2, -0.15) is 0 Å². The summed E-state index contributed by atoms with van der Waals surface area (Å²) in [6.45, 7) is 6.39. The number of methoxy groups -OCH3 is 1. The zero-order valence-corrected chi connectivity index (χ0v) is 13.7. The Hall–Kier alpha value is -0.0900. The minimum Gasteiger partial charge on any atom is -0.379 e. The van der Waals surface area contributed by atoms with Crippen molar-refractivity contribution in [1.29, 1.82) is 0 Å². The van der Waals surface area contributed by atoms with Crippen molar-refractivity contribution in [2.45, 2.75) is 39.3 Å². The average molecular weight is 335 g/mol. The average Bonchev–Trinajstić information content (AvgIpc) is 2.21. The van der Waals surface area contributed by atoms with Crippen molar-refractivity contribution >= 4 is 27.5 Å². The SMILES string of the molecule is COC(C(N)Cc1ccc(Br)cc1Cl)C(C)(C)C. The highest BCUT2D eigenvalue weighted by Gasteiger charge is 2.30. The monoisotopic (exact) mass is 333 g/mol. The Morgan fingerprint density at radius 1 is 1.39 bits per heavy atom. The normalized spacial score (nSPS) is 15.5. The molecule has 1 aromatic rings. The Labute approximate surface area is 123 Å². The van der Waals surface area contributed by atoms with Crippen LogP contribution in [0.4, 0.5) is 0 Å². The molecule has 0 aliphatic carbocycles. The molecule has 2 N–H and O–H groups in total. The molecule has 0 heterocycles. The standard InChI is InChI=1S/C14H21BrClNO/c1-14(2,3)13(18-4)12(17)7-9-5-6-10(15)8-11(9)16/h5-6,8,12-13H,7,17H2,1-4H3. The van der Waals surface area contributed by atoms with Crippen LogP contribution < -0.4 is 5.73 Å². The molecule has 2 unspecified atom stereocenters. The minimum absolute atomic E-state index is 0.00258. The van der Waals surface area contributed by atoms with Crippen molar-refractivity contribution in [1.82, 2.24) is 0 Å². The first-order valence-corrected chi connectivity index (χ1v) is 7.15. The fourth-order valence-electron chi connectivity index (χ4n) is 2.22. The fourth-order valence-corrected chi connectivity index (χ4v) is 2.97. The number of benzene rings is 1. The van der Waals surface area contributed by atoms with Crippen molar-refractivity contribution in [3.8, 4) is 0 Å². The topological polar surface area (TPSA) is 35.2 Å². The van der Waals surface area contributed by atoms with Crippen molar-refractivity contribution in [3.05, 3.63) is 33.3 Å². The first-order chi connectivity index (χ1) is 8.25. The zero-order chi connectivity index (χ0) is 13.9. The molecule has 0 fully saturated rings. The van der Waals surface area contributed by atoms with Crippen LogP contribution in [0.25, 0.3) is 0 Å². The van der Waals surface area contributed by atoms with Gasteiger partial charge in [0.15, 0.2) is 0 Å². The Morgan fingerprint density at radius 3 is 2.44 bits per heavy atom. The number of halogens is 2. The summed E-state index contributed by atoms with van der Waals surface area (Å²) in [4.78, 5) is 0. The largest absolute Gasteiger partial charge is 0.379 e. The molecule has 0 spiro atoms. The van der Waals surface area contributed by atoms with Gasteiger partial charge >= 0.3 is 0 Å². The molecule has 1 rings (SSSR count). The van der Waals surface area contributed by atoms with E-state index in [1.807, 2.05) is 18.2 Å². The second-order valence-corrected chi connectivity index (χ2v) is 6.95. The van der Waals surface area contributed by atoms with Gasteiger partial charge in [0.1, 0.15) is 0 Å². The minimum atomic E-state index is -0.0753. The lowest BCUT2D eigenvalue weighted by atomic mass is 9.83. The summed E-state index contributed by atoms with van der Waals surface area (Å²) in [5.41, 5.74) is 7.32. The molecular weight excluding hydrogens is 314 g/mol. The van der Waals surface area contributed by atoms with E-state index < -0.39 is 0 Å². The van der Waals surface area contributed by atoms with Crippen LogP contribution in [0.15, 0.2) is 22.7 Å². The van der Waals surface area contributed by atoms with Crippen molar-refractivity contribution in [2.24, 2.45) is 11.1 Å². The molecule has 1 aromatic carbocycles. The summed E-state index contributed by atoms with van der Waals surface area (Å²) in [5, 5.41) is 0.739. The summed E-state index contributed by atoms with van der Waals surface area (Å²) in [5.74, 6) is 0. The maximum absolute atomic E-state index is 6.26. The van der Waals surface area contributed by atoms with Crippen molar-refractivity contribution < 1.29 is 4.74 Å². The molecule has 18 heavy (non-hydrogen) atoms. The highest BCUT2D eigenvalue weighted by molar-refractivity contribution is 9.10. The second kappa shape index (κ2) is 6.38. The third-order valence-electron chi connectivity index (χ3n) is 2.97. The quantitative estimate of drug-likeness (QED) is 0.902. The first-order valence-electron chi connectivity index (χ1n) is 5.98. The molecule has 4 heteroatoms. The molecule has 0 amide bonds. The van der Waals surface area contributed by atoms with Crippen LogP contribution in [0, 0.1) is 5.41 Å². The molecule has 0 saturated carbocycles. The molecule has 2 atom stereocenters. The van der Waals surface area contributed by atoms with Crippen LogP contribution in [0.5, 0.6) is 0 Å². The van der Waals surface area contributed by atoms with Crippen LogP contribution in [-0.4, -0.2) is 19.3 Å².